The van der Waals surface area contributed by atoms with E-state index in [1.165, 1.54) is 32.8 Å². The zero-order chi connectivity index (χ0) is 13.8. The lowest BCUT2D eigenvalue weighted by atomic mass is 9.86. The average Bonchev–Trinajstić information content (AvgIpc) is 2.45. The normalized spacial score (nSPS) is 22.9. The summed E-state index contributed by atoms with van der Waals surface area (Å²) >= 11 is 0. The highest BCUT2D eigenvalue weighted by Crippen LogP contribution is 2.29. The Morgan fingerprint density at radius 1 is 1.47 bits per heavy atom. The molecular formula is C15H22N2O2. The fourth-order valence-corrected chi connectivity index (χ4v) is 2.80. The molecule has 0 N–H and O–H groups in total. The number of nitrogens with zero attached hydrogens (tertiary/aromatic N) is 2. The van der Waals surface area contributed by atoms with Crippen molar-refractivity contribution in [2.75, 3.05) is 19.1 Å². The Labute approximate surface area is 114 Å². The van der Waals surface area contributed by atoms with Crippen LogP contribution in [0.2, 0.25) is 0 Å². The van der Waals surface area contributed by atoms with Crippen molar-refractivity contribution in [3.63, 3.8) is 0 Å². The molecule has 1 heterocycles. The van der Waals surface area contributed by atoms with Gasteiger partial charge in [0.1, 0.15) is 5.82 Å². The molecular weight excluding hydrogens is 240 g/mol. The lowest BCUT2D eigenvalue weighted by Crippen LogP contribution is -2.36. The molecule has 0 amide bonds. The minimum absolute atomic E-state index is 0.311. The van der Waals surface area contributed by atoms with E-state index >= 15 is 0 Å². The van der Waals surface area contributed by atoms with Crippen LogP contribution in [-0.4, -0.2) is 31.2 Å². The lowest BCUT2D eigenvalue weighted by molar-refractivity contribution is 0.0600. The number of methoxy groups -OCH3 is 1. The Bertz CT molecular complexity index is 448. The molecule has 0 aromatic carbocycles. The number of carbonyl (C=O) groups excluding carboxylic acids is 1. The van der Waals surface area contributed by atoms with Crippen molar-refractivity contribution >= 4 is 11.8 Å². The monoisotopic (exact) mass is 262 g/mol. The number of esters is 1. The van der Waals surface area contributed by atoms with Gasteiger partial charge in [0.2, 0.25) is 0 Å². The molecule has 1 aliphatic rings. The van der Waals surface area contributed by atoms with E-state index in [0.717, 1.165) is 11.7 Å². The molecule has 1 aromatic heterocycles. The van der Waals surface area contributed by atoms with Gasteiger partial charge in [-0.1, -0.05) is 19.8 Å². The van der Waals surface area contributed by atoms with Crippen molar-refractivity contribution in [1.29, 1.82) is 0 Å². The maximum Gasteiger partial charge on any atom is 0.338 e. The van der Waals surface area contributed by atoms with Gasteiger partial charge in [-0.05, 0) is 30.9 Å². The third-order valence-electron chi connectivity index (χ3n) is 3.98. The summed E-state index contributed by atoms with van der Waals surface area (Å²) in [4.78, 5) is 18.1. The first kappa shape index (κ1) is 13.8. The van der Waals surface area contributed by atoms with Crippen LogP contribution in [0.25, 0.3) is 0 Å². The van der Waals surface area contributed by atoms with Crippen LogP contribution in [0.1, 0.15) is 43.0 Å². The molecule has 1 fully saturated rings. The van der Waals surface area contributed by atoms with E-state index in [2.05, 4.69) is 23.9 Å². The van der Waals surface area contributed by atoms with E-state index in [4.69, 9.17) is 4.74 Å². The Hall–Kier alpha value is -1.58. The van der Waals surface area contributed by atoms with Crippen molar-refractivity contribution < 1.29 is 9.53 Å². The number of hydrogen-bond donors (Lipinski definition) is 0. The molecule has 104 valence electrons. The molecule has 4 nitrogen and oxygen atoms in total. The molecule has 1 saturated carbocycles. The number of rotatable bonds is 3. The number of ether oxygens (including phenoxy) is 1. The molecule has 0 spiro atoms. The summed E-state index contributed by atoms with van der Waals surface area (Å²) in [5.41, 5.74) is 0.559. The highest BCUT2D eigenvalue weighted by molar-refractivity contribution is 5.90. The molecule has 0 radical (unpaired) electrons. The molecule has 2 atom stereocenters. The lowest BCUT2D eigenvalue weighted by Gasteiger charge is -2.34. The quantitative estimate of drug-likeness (QED) is 0.786. The second kappa shape index (κ2) is 6.04. The van der Waals surface area contributed by atoms with Gasteiger partial charge in [0.15, 0.2) is 0 Å². The first-order chi connectivity index (χ1) is 9.11. The number of aromatic nitrogens is 1. The van der Waals surface area contributed by atoms with Crippen LogP contribution < -0.4 is 4.90 Å². The number of pyridine rings is 1. The second-order valence-electron chi connectivity index (χ2n) is 5.43. The first-order valence-electron chi connectivity index (χ1n) is 6.89. The zero-order valence-electron chi connectivity index (χ0n) is 11.9. The Kier molecular flexibility index (Phi) is 4.40. The minimum atomic E-state index is -0.311. The van der Waals surface area contributed by atoms with E-state index in [1.54, 1.807) is 12.3 Å². The van der Waals surface area contributed by atoms with Crippen molar-refractivity contribution in [2.45, 2.75) is 38.6 Å². The summed E-state index contributed by atoms with van der Waals surface area (Å²) in [6.07, 6.45) is 6.66. The van der Waals surface area contributed by atoms with E-state index < -0.39 is 0 Å². The first-order valence-corrected chi connectivity index (χ1v) is 6.89. The van der Waals surface area contributed by atoms with Crippen molar-refractivity contribution in [3.05, 3.63) is 23.9 Å². The fourth-order valence-electron chi connectivity index (χ4n) is 2.80. The van der Waals surface area contributed by atoms with Crippen molar-refractivity contribution in [1.82, 2.24) is 4.98 Å². The van der Waals surface area contributed by atoms with E-state index in [0.29, 0.717) is 11.6 Å². The summed E-state index contributed by atoms with van der Waals surface area (Å²) in [7, 11) is 3.46. The van der Waals surface area contributed by atoms with Gasteiger partial charge in [0.25, 0.3) is 0 Å². The topological polar surface area (TPSA) is 42.4 Å². The summed E-state index contributed by atoms with van der Waals surface area (Å²) in [5.74, 6) is 1.31. The predicted octanol–water partition coefficient (Wildman–Crippen LogP) is 2.88. The van der Waals surface area contributed by atoms with Gasteiger partial charge < -0.3 is 9.64 Å². The molecule has 2 rings (SSSR count). The fraction of sp³-hybridized carbons (Fsp3) is 0.600. The second-order valence-corrected chi connectivity index (χ2v) is 5.43. The predicted molar refractivity (Wildman–Crippen MR) is 75.4 cm³/mol. The van der Waals surface area contributed by atoms with Crippen molar-refractivity contribution in [2.24, 2.45) is 5.92 Å². The van der Waals surface area contributed by atoms with Gasteiger partial charge in [-0.3, -0.25) is 0 Å². The Morgan fingerprint density at radius 2 is 2.26 bits per heavy atom. The summed E-state index contributed by atoms with van der Waals surface area (Å²) in [5, 5.41) is 0. The molecule has 1 aromatic rings. The maximum atomic E-state index is 11.5. The van der Waals surface area contributed by atoms with Gasteiger partial charge in [0.05, 0.1) is 12.7 Å². The third kappa shape index (κ3) is 3.25. The highest BCUT2D eigenvalue weighted by Gasteiger charge is 2.23. The zero-order valence-corrected chi connectivity index (χ0v) is 11.9. The molecule has 0 saturated heterocycles. The van der Waals surface area contributed by atoms with Crippen molar-refractivity contribution in [3.8, 4) is 0 Å². The molecule has 2 unspecified atom stereocenters. The van der Waals surface area contributed by atoms with Crippen LogP contribution in [0.4, 0.5) is 5.82 Å². The van der Waals surface area contributed by atoms with Crippen LogP contribution in [0, 0.1) is 5.92 Å². The van der Waals surface area contributed by atoms with Crippen LogP contribution >= 0.6 is 0 Å². The van der Waals surface area contributed by atoms with Gasteiger partial charge in [-0.2, -0.15) is 0 Å². The number of carbonyl (C=O) groups is 1. The molecule has 0 bridgehead atoms. The van der Waals surface area contributed by atoms with Gasteiger partial charge in [-0.15, -0.1) is 0 Å². The Balaban J connectivity index is 2.14. The van der Waals surface area contributed by atoms with Crippen LogP contribution in [-0.2, 0) is 4.74 Å². The maximum absolute atomic E-state index is 11.5. The van der Waals surface area contributed by atoms with Crippen LogP contribution in [0.3, 0.4) is 0 Å². The smallest absolute Gasteiger partial charge is 0.338 e. The minimum Gasteiger partial charge on any atom is -0.465 e. The molecule has 4 heteroatoms. The van der Waals surface area contributed by atoms with Gasteiger partial charge in [0, 0.05) is 19.3 Å². The third-order valence-corrected chi connectivity index (χ3v) is 3.98. The Morgan fingerprint density at radius 3 is 2.95 bits per heavy atom. The van der Waals surface area contributed by atoms with Gasteiger partial charge >= 0.3 is 5.97 Å². The van der Waals surface area contributed by atoms with E-state index in [-0.39, 0.29) is 5.97 Å². The molecule has 19 heavy (non-hydrogen) atoms. The molecule has 0 aliphatic heterocycles. The summed E-state index contributed by atoms with van der Waals surface area (Å²) < 4.78 is 4.75. The van der Waals surface area contributed by atoms with Gasteiger partial charge in [-0.25, -0.2) is 9.78 Å². The molecule has 1 aliphatic carbocycles. The van der Waals surface area contributed by atoms with E-state index in [1.807, 2.05) is 6.07 Å². The van der Waals surface area contributed by atoms with Crippen LogP contribution in [0.15, 0.2) is 18.3 Å². The van der Waals surface area contributed by atoms with E-state index in [9.17, 15) is 4.79 Å². The summed E-state index contributed by atoms with van der Waals surface area (Å²) in [6, 6.07) is 4.02. The standard InChI is InChI=1S/C15H22N2O2/c1-11-5-4-6-13(9-11)17(2)14-10-12(7-8-16-14)15(18)19-3/h7-8,10-11,13H,4-6,9H2,1-3H3. The number of anilines is 1. The number of hydrogen-bond acceptors (Lipinski definition) is 4. The SMILES string of the molecule is COC(=O)c1ccnc(N(C)C2CCCC(C)C2)c1. The largest absolute Gasteiger partial charge is 0.465 e. The van der Waals surface area contributed by atoms with Crippen LogP contribution in [0.5, 0.6) is 0 Å². The average molecular weight is 262 g/mol. The highest BCUT2D eigenvalue weighted by atomic mass is 16.5. The summed E-state index contributed by atoms with van der Waals surface area (Å²) in [6.45, 7) is 2.30.